The number of imidazole rings is 1. The maximum atomic E-state index is 12.8. The number of aromatic nitrogens is 3. The molecule has 2 aromatic heterocycles. The number of nitrogens with zero attached hydrogens (tertiary/aromatic N) is 2. The lowest BCUT2D eigenvalue weighted by Crippen LogP contribution is -2.08. The van der Waals surface area contributed by atoms with Crippen LogP contribution in [0.2, 0.25) is 5.02 Å². The number of H-pyrrole nitrogens is 1. The topological polar surface area (TPSA) is 59.9 Å². The number of hydrogen-bond donors (Lipinski definition) is 1. The van der Waals surface area contributed by atoms with Crippen molar-refractivity contribution in [2.75, 3.05) is 0 Å². The third-order valence-electron chi connectivity index (χ3n) is 4.62. The first-order chi connectivity index (χ1) is 13.9. The molecule has 2 heterocycles. The summed E-state index contributed by atoms with van der Waals surface area (Å²) in [6.07, 6.45) is 1.64. The van der Waals surface area contributed by atoms with Crippen molar-refractivity contribution >= 4 is 22.6 Å². The van der Waals surface area contributed by atoms with Gasteiger partial charge in [0.1, 0.15) is 11.6 Å². The summed E-state index contributed by atoms with van der Waals surface area (Å²) in [5, 5.41) is 0.428. The number of aromatic amines is 1. The van der Waals surface area contributed by atoms with Crippen molar-refractivity contribution in [3.8, 4) is 16.9 Å². The van der Waals surface area contributed by atoms with Gasteiger partial charge in [0, 0.05) is 22.8 Å². The number of pyridine rings is 1. The fraction of sp³-hybridized carbons (Fsp3) is 0.143. The highest BCUT2D eigenvalue weighted by molar-refractivity contribution is 6.30. The Labute approximate surface area is 169 Å². The minimum atomic E-state index is -2.93. The van der Waals surface area contributed by atoms with Gasteiger partial charge in [0.2, 0.25) is 5.56 Å². The first kappa shape index (κ1) is 19.1. The van der Waals surface area contributed by atoms with Crippen LogP contribution in [0.1, 0.15) is 11.4 Å². The monoisotopic (exact) mass is 415 g/mol. The molecule has 5 nitrogen and oxygen atoms in total. The predicted octanol–water partition coefficient (Wildman–Crippen LogP) is 5.00. The van der Waals surface area contributed by atoms with Crippen molar-refractivity contribution in [2.24, 2.45) is 0 Å². The number of benzene rings is 2. The van der Waals surface area contributed by atoms with Gasteiger partial charge < -0.3 is 14.3 Å². The van der Waals surface area contributed by atoms with E-state index in [0.29, 0.717) is 10.6 Å². The highest BCUT2D eigenvalue weighted by atomic mass is 35.5. The van der Waals surface area contributed by atoms with E-state index in [1.54, 1.807) is 18.3 Å². The second-order valence-electron chi connectivity index (χ2n) is 6.52. The molecule has 0 aliphatic carbocycles. The summed E-state index contributed by atoms with van der Waals surface area (Å²) in [6, 6.07) is 13.5. The van der Waals surface area contributed by atoms with E-state index in [4.69, 9.17) is 11.6 Å². The van der Waals surface area contributed by atoms with Gasteiger partial charge in [-0.2, -0.15) is 8.78 Å². The van der Waals surface area contributed by atoms with Crippen molar-refractivity contribution in [2.45, 2.75) is 20.1 Å². The number of hydrogen-bond acceptors (Lipinski definition) is 3. The molecule has 0 bridgehead atoms. The Morgan fingerprint density at radius 3 is 2.66 bits per heavy atom. The Balaban J connectivity index is 1.79. The Morgan fingerprint density at radius 2 is 1.93 bits per heavy atom. The number of rotatable bonds is 5. The zero-order valence-electron chi connectivity index (χ0n) is 15.3. The fourth-order valence-corrected chi connectivity index (χ4v) is 3.46. The maximum Gasteiger partial charge on any atom is 0.387 e. The van der Waals surface area contributed by atoms with Crippen LogP contribution in [0.3, 0.4) is 0 Å². The number of ether oxygens (including phenoxy) is 1. The molecule has 0 atom stereocenters. The van der Waals surface area contributed by atoms with Gasteiger partial charge in [0.25, 0.3) is 0 Å². The van der Waals surface area contributed by atoms with Gasteiger partial charge in [0.05, 0.1) is 17.6 Å². The molecule has 0 unspecified atom stereocenters. The Kier molecular flexibility index (Phi) is 5.07. The molecule has 0 radical (unpaired) electrons. The molecule has 4 aromatic rings. The van der Waals surface area contributed by atoms with E-state index in [0.717, 1.165) is 28.0 Å². The zero-order chi connectivity index (χ0) is 20.5. The van der Waals surface area contributed by atoms with Crippen LogP contribution in [-0.2, 0) is 6.54 Å². The van der Waals surface area contributed by atoms with Crippen LogP contribution in [0, 0.1) is 6.92 Å². The summed E-state index contributed by atoms with van der Waals surface area (Å²) >= 11 is 6.07. The summed E-state index contributed by atoms with van der Waals surface area (Å²) in [6.45, 7) is -0.819. The van der Waals surface area contributed by atoms with Crippen LogP contribution >= 0.6 is 11.6 Å². The van der Waals surface area contributed by atoms with Crippen molar-refractivity contribution in [1.82, 2.24) is 14.5 Å². The van der Waals surface area contributed by atoms with Crippen LogP contribution in [-0.4, -0.2) is 21.1 Å². The SMILES string of the molecule is Cc1nc2ccc(-c3ccc(=O)[nH]c3)cc2n1Cc1cc(Cl)ccc1OC(F)F. The largest absolute Gasteiger partial charge is 0.434 e. The van der Waals surface area contributed by atoms with E-state index in [1.807, 2.05) is 29.7 Å². The van der Waals surface area contributed by atoms with E-state index in [-0.39, 0.29) is 17.9 Å². The summed E-state index contributed by atoms with van der Waals surface area (Å²) in [7, 11) is 0. The van der Waals surface area contributed by atoms with Crippen LogP contribution in [0.15, 0.2) is 59.5 Å². The molecule has 0 aliphatic heterocycles. The highest BCUT2D eigenvalue weighted by Gasteiger charge is 2.15. The van der Waals surface area contributed by atoms with Crippen LogP contribution in [0.25, 0.3) is 22.2 Å². The Hall–Kier alpha value is -3.19. The molecular weight excluding hydrogens is 400 g/mol. The summed E-state index contributed by atoms with van der Waals surface area (Å²) in [5.41, 5.74) is 3.69. The molecule has 4 rings (SSSR count). The number of fused-ring (bicyclic) bond motifs is 1. The standard InChI is InChI=1S/C21H16ClF2N3O2/c1-12-26-17-5-2-13(14-3-7-20(28)25-10-14)9-18(17)27(12)11-15-8-16(22)4-6-19(15)29-21(23)24/h2-10,21H,11H2,1H3,(H,25,28). The Morgan fingerprint density at radius 1 is 1.14 bits per heavy atom. The zero-order valence-corrected chi connectivity index (χ0v) is 16.1. The van der Waals surface area contributed by atoms with E-state index in [1.165, 1.54) is 18.2 Å². The summed E-state index contributed by atoms with van der Waals surface area (Å²) < 4.78 is 32.1. The third kappa shape index (κ3) is 4.00. The van der Waals surface area contributed by atoms with Crippen LogP contribution < -0.4 is 10.3 Å². The Bertz CT molecular complexity index is 1230. The first-order valence-electron chi connectivity index (χ1n) is 8.80. The quantitative estimate of drug-likeness (QED) is 0.499. The van der Waals surface area contributed by atoms with Gasteiger partial charge in [-0.05, 0) is 54.4 Å². The van der Waals surface area contributed by atoms with Crippen LogP contribution in [0.4, 0.5) is 8.78 Å². The molecule has 2 aromatic carbocycles. The van der Waals surface area contributed by atoms with Gasteiger partial charge in [-0.1, -0.05) is 17.7 Å². The number of aryl methyl sites for hydroxylation is 1. The molecule has 0 spiro atoms. The normalized spacial score (nSPS) is 11.3. The van der Waals surface area contributed by atoms with E-state index in [9.17, 15) is 13.6 Å². The lowest BCUT2D eigenvalue weighted by atomic mass is 10.1. The first-order valence-corrected chi connectivity index (χ1v) is 9.18. The number of halogens is 3. The van der Waals surface area contributed by atoms with Gasteiger partial charge in [0.15, 0.2) is 0 Å². The second kappa shape index (κ2) is 7.67. The van der Waals surface area contributed by atoms with Gasteiger partial charge in [-0.25, -0.2) is 4.98 Å². The average molecular weight is 416 g/mol. The molecule has 8 heteroatoms. The van der Waals surface area contributed by atoms with Gasteiger partial charge in [-0.15, -0.1) is 0 Å². The summed E-state index contributed by atoms with van der Waals surface area (Å²) in [5.74, 6) is 0.795. The van der Waals surface area contributed by atoms with E-state index < -0.39 is 6.61 Å². The van der Waals surface area contributed by atoms with Crippen molar-refractivity contribution in [3.63, 3.8) is 0 Å². The smallest absolute Gasteiger partial charge is 0.387 e. The number of alkyl halides is 2. The molecular formula is C21H16ClF2N3O2. The lowest BCUT2D eigenvalue weighted by Gasteiger charge is -2.13. The van der Waals surface area contributed by atoms with E-state index in [2.05, 4.69) is 14.7 Å². The number of nitrogens with one attached hydrogen (secondary N) is 1. The molecule has 1 N–H and O–H groups in total. The summed E-state index contributed by atoms with van der Waals surface area (Å²) in [4.78, 5) is 18.5. The van der Waals surface area contributed by atoms with Gasteiger partial charge in [-0.3, -0.25) is 4.79 Å². The average Bonchev–Trinajstić information content (AvgIpc) is 2.99. The molecule has 0 amide bonds. The van der Waals surface area contributed by atoms with Crippen LogP contribution in [0.5, 0.6) is 5.75 Å². The molecule has 148 valence electrons. The predicted molar refractivity (Wildman–Crippen MR) is 108 cm³/mol. The molecule has 0 saturated heterocycles. The minimum Gasteiger partial charge on any atom is -0.434 e. The molecule has 29 heavy (non-hydrogen) atoms. The van der Waals surface area contributed by atoms with Gasteiger partial charge >= 0.3 is 6.61 Å². The minimum absolute atomic E-state index is 0.0717. The van der Waals surface area contributed by atoms with Crippen molar-refractivity contribution in [1.29, 1.82) is 0 Å². The van der Waals surface area contributed by atoms with E-state index >= 15 is 0 Å². The van der Waals surface area contributed by atoms with Crippen molar-refractivity contribution in [3.05, 3.63) is 81.5 Å². The maximum absolute atomic E-state index is 12.8. The molecule has 0 aliphatic rings. The third-order valence-corrected chi connectivity index (χ3v) is 4.86. The molecule has 0 saturated carbocycles. The second-order valence-corrected chi connectivity index (χ2v) is 6.96. The van der Waals surface area contributed by atoms with Crippen molar-refractivity contribution < 1.29 is 13.5 Å². The lowest BCUT2D eigenvalue weighted by molar-refractivity contribution is -0.0504. The highest BCUT2D eigenvalue weighted by Crippen LogP contribution is 2.29. The molecule has 0 fully saturated rings. The fourth-order valence-electron chi connectivity index (χ4n) is 3.27.